The summed E-state index contributed by atoms with van der Waals surface area (Å²) in [5, 5.41) is 19.5. The fourth-order valence-corrected chi connectivity index (χ4v) is 10.9. The summed E-state index contributed by atoms with van der Waals surface area (Å²) in [4.78, 5) is 13.0. The van der Waals surface area contributed by atoms with Crippen LogP contribution in [0.25, 0.3) is 43.6 Å². The number of aromatic nitrogens is 4. The molecule has 12 heteroatoms. The molecule has 0 aliphatic carbocycles. The first-order valence-electron chi connectivity index (χ1n) is 23.3. The lowest BCUT2D eigenvalue weighted by Gasteiger charge is -2.22. The fourth-order valence-electron chi connectivity index (χ4n) is 10.4. The molecular formula is C52H60Cl2F2N8. The summed E-state index contributed by atoms with van der Waals surface area (Å²) in [7, 11) is 0. The van der Waals surface area contributed by atoms with E-state index in [2.05, 4.69) is 71.8 Å². The quantitative estimate of drug-likeness (QED) is 0.0899. The summed E-state index contributed by atoms with van der Waals surface area (Å²) in [6.07, 6.45) is 17.6. The molecule has 336 valence electrons. The Bertz CT molecular complexity index is 2560. The van der Waals surface area contributed by atoms with Crippen LogP contribution in [0.1, 0.15) is 97.3 Å². The highest BCUT2D eigenvalue weighted by atomic mass is 35.5. The third-order valence-electron chi connectivity index (χ3n) is 13.8. The van der Waals surface area contributed by atoms with Crippen molar-refractivity contribution in [2.75, 3.05) is 52.4 Å². The van der Waals surface area contributed by atoms with Gasteiger partial charge in [0.25, 0.3) is 0 Å². The molecule has 4 fully saturated rings. The zero-order chi connectivity index (χ0) is 43.8. The van der Waals surface area contributed by atoms with Gasteiger partial charge in [0.1, 0.15) is 11.6 Å². The Balaban J connectivity index is 0.000000108. The number of fused-ring (bicyclic) bond motifs is 4. The van der Waals surface area contributed by atoms with Gasteiger partial charge in [0.05, 0.1) is 5.02 Å². The molecule has 12 rings (SSSR count). The second-order valence-corrected chi connectivity index (χ2v) is 18.6. The van der Waals surface area contributed by atoms with Gasteiger partial charge >= 0.3 is 0 Å². The van der Waals surface area contributed by atoms with E-state index in [0.29, 0.717) is 23.7 Å². The van der Waals surface area contributed by atoms with Gasteiger partial charge in [0.2, 0.25) is 0 Å². The number of rotatable bonds is 4. The SMILES string of the molecule is Clc1ccc2[nH]cc(C3CCNCC3)c2c1.Clc1cccc2[nH]cc(C3CCNCC3)c12.Fc1ccc2[nH]cc(C3CCNCC3)c2c1.Fc1cccc2[nH]cc(C3CCNCC3)c12. The maximum atomic E-state index is 13.8. The van der Waals surface area contributed by atoms with E-state index in [1.807, 2.05) is 42.7 Å². The molecule has 4 aromatic carbocycles. The van der Waals surface area contributed by atoms with Gasteiger partial charge in [-0.25, -0.2) is 8.78 Å². The Labute approximate surface area is 384 Å². The highest BCUT2D eigenvalue weighted by Gasteiger charge is 2.22. The summed E-state index contributed by atoms with van der Waals surface area (Å²) in [5.74, 6) is 2.13. The van der Waals surface area contributed by atoms with E-state index in [0.717, 1.165) is 121 Å². The summed E-state index contributed by atoms with van der Waals surface area (Å²) in [6, 6.07) is 22.3. The minimum Gasteiger partial charge on any atom is -0.361 e. The first-order chi connectivity index (χ1) is 31.4. The molecule has 4 aliphatic heterocycles. The van der Waals surface area contributed by atoms with Crippen LogP contribution in [0.4, 0.5) is 8.78 Å². The van der Waals surface area contributed by atoms with Crippen molar-refractivity contribution in [1.29, 1.82) is 0 Å². The van der Waals surface area contributed by atoms with E-state index < -0.39 is 0 Å². The van der Waals surface area contributed by atoms with Crippen LogP contribution in [0, 0.1) is 11.6 Å². The lowest BCUT2D eigenvalue weighted by Crippen LogP contribution is -2.26. The molecule has 8 nitrogen and oxygen atoms in total. The molecule has 0 bridgehead atoms. The van der Waals surface area contributed by atoms with Crippen LogP contribution < -0.4 is 21.3 Å². The lowest BCUT2D eigenvalue weighted by molar-refractivity contribution is 0.461. The van der Waals surface area contributed by atoms with Crippen molar-refractivity contribution in [2.45, 2.75) is 75.0 Å². The Morgan fingerprint density at radius 2 is 0.812 bits per heavy atom. The molecule has 0 atom stereocenters. The molecule has 8 N–H and O–H groups in total. The summed E-state index contributed by atoms with van der Waals surface area (Å²) < 4.78 is 27.0. The van der Waals surface area contributed by atoms with Crippen LogP contribution in [-0.2, 0) is 0 Å². The van der Waals surface area contributed by atoms with Gasteiger partial charge < -0.3 is 41.2 Å². The molecular weight excluding hydrogens is 846 g/mol. The normalized spacial score (nSPS) is 18.1. The Morgan fingerprint density at radius 1 is 0.406 bits per heavy atom. The Morgan fingerprint density at radius 3 is 1.34 bits per heavy atom. The van der Waals surface area contributed by atoms with E-state index in [9.17, 15) is 8.78 Å². The first-order valence-corrected chi connectivity index (χ1v) is 24.0. The van der Waals surface area contributed by atoms with Crippen molar-refractivity contribution < 1.29 is 8.78 Å². The maximum Gasteiger partial charge on any atom is 0.132 e. The highest BCUT2D eigenvalue weighted by molar-refractivity contribution is 6.35. The second-order valence-electron chi connectivity index (χ2n) is 17.8. The van der Waals surface area contributed by atoms with Crippen LogP contribution in [-0.4, -0.2) is 72.3 Å². The molecule has 0 radical (unpaired) electrons. The topological polar surface area (TPSA) is 111 Å². The third-order valence-corrected chi connectivity index (χ3v) is 14.4. The van der Waals surface area contributed by atoms with Crippen molar-refractivity contribution in [1.82, 2.24) is 41.2 Å². The van der Waals surface area contributed by atoms with Gasteiger partial charge in [0.15, 0.2) is 0 Å². The van der Waals surface area contributed by atoms with E-state index in [1.54, 1.807) is 18.2 Å². The third kappa shape index (κ3) is 10.2. The molecule has 0 spiro atoms. The number of H-pyrrole nitrogens is 4. The van der Waals surface area contributed by atoms with Crippen molar-refractivity contribution in [3.8, 4) is 0 Å². The minimum absolute atomic E-state index is 0.104. The second kappa shape index (κ2) is 21.1. The number of benzene rings is 4. The molecule has 4 saturated heterocycles. The largest absolute Gasteiger partial charge is 0.361 e. The van der Waals surface area contributed by atoms with Crippen LogP contribution in [0.3, 0.4) is 0 Å². The van der Waals surface area contributed by atoms with Gasteiger partial charge in [-0.05, 0) is 210 Å². The van der Waals surface area contributed by atoms with Gasteiger partial charge in [0, 0.05) is 73.4 Å². The van der Waals surface area contributed by atoms with Crippen molar-refractivity contribution >= 4 is 66.8 Å². The van der Waals surface area contributed by atoms with Gasteiger partial charge in [-0.1, -0.05) is 35.3 Å². The summed E-state index contributed by atoms with van der Waals surface area (Å²) in [6.45, 7) is 8.66. The molecule has 0 saturated carbocycles. The van der Waals surface area contributed by atoms with Crippen LogP contribution in [0.5, 0.6) is 0 Å². The molecule has 8 aromatic rings. The number of hydrogen-bond donors (Lipinski definition) is 8. The zero-order valence-corrected chi connectivity index (χ0v) is 37.9. The lowest BCUT2D eigenvalue weighted by atomic mass is 9.90. The molecule has 0 unspecified atom stereocenters. The predicted octanol–water partition coefficient (Wildman–Crippen LogP) is 12.1. The van der Waals surface area contributed by atoms with E-state index in [1.165, 1.54) is 64.7 Å². The average Bonchev–Trinajstić information content (AvgIpc) is 4.17. The van der Waals surface area contributed by atoms with Crippen molar-refractivity contribution in [3.05, 3.63) is 142 Å². The predicted molar refractivity (Wildman–Crippen MR) is 263 cm³/mol. The fraction of sp³-hybridized carbons (Fsp3) is 0.385. The Hall–Kier alpha value is -4.68. The Kier molecular flexibility index (Phi) is 14.7. The number of piperidine rings is 4. The molecule has 4 aliphatic rings. The summed E-state index contributed by atoms with van der Waals surface area (Å²) in [5.41, 5.74) is 9.54. The highest BCUT2D eigenvalue weighted by Crippen LogP contribution is 2.37. The van der Waals surface area contributed by atoms with Gasteiger partial charge in [-0.3, -0.25) is 0 Å². The number of aromatic amines is 4. The standard InChI is InChI=1S/2C13H15ClN2.2C13H15FN2/c14-10-1-2-13-11(7-10)12(8-16-13)9-3-5-15-6-4-9;14-11-2-1-3-12-13(11)10(8-16-12)9-4-6-15-7-5-9;14-10-1-2-13-11(7-10)12(8-16-13)9-3-5-15-6-4-9;14-11-2-1-3-12-13(11)10(8-16-12)9-4-6-15-7-5-9/h1-2,7-9,15-16H,3-6H2;1-3,8-9,15-16H,4-7H2;1-2,7-9,15-16H,3-6H2;1-3,8-9,15-16H,4-7H2. The van der Waals surface area contributed by atoms with Gasteiger partial charge in [-0.15, -0.1) is 0 Å². The number of hydrogen-bond acceptors (Lipinski definition) is 4. The number of halogens is 4. The van der Waals surface area contributed by atoms with Crippen LogP contribution in [0.15, 0.2) is 97.6 Å². The first kappa shape index (κ1) is 44.5. The smallest absolute Gasteiger partial charge is 0.132 e. The molecule has 64 heavy (non-hydrogen) atoms. The number of nitrogens with one attached hydrogen (secondary N) is 8. The van der Waals surface area contributed by atoms with Crippen molar-refractivity contribution in [2.24, 2.45) is 0 Å². The van der Waals surface area contributed by atoms with Crippen molar-refractivity contribution in [3.63, 3.8) is 0 Å². The van der Waals surface area contributed by atoms with Crippen LogP contribution in [0.2, 0.25) is 10.0 Å². The monoisotopic (exact) mass is 904 g/mol. The van der Waals surface area contributed by atoms with Gasteiger partial charge in [-0.2, -0.15) is 0 Å². The summed E-state index contributed by atoms with van der Waals surface area (Å²) >= 11 is 12.3. The van der Waals surface area contributed by atoms with E-state index >= 15 is 0 Å². The average molecular weight is 906 g/mol. The minimum atomic E-state index is -0.151. The van der Waals surface area contributed by atoms with E-state index in [-0.39, 0.29) is 11.6 Å². The molecule has 8 heterocycles. The van der Waals surface area contributed by atoms with E-state index in [4.69, 9.17) is 23.2 Å². The molecule has 0 amide bonds. The zero-order valence-electron chi connectivity index (χ0n) is 36.4. The van der Waals surface area contributed by atoms with Crippen LogP contribution >= 0.6 is 23.2 Å². The maximum absolute atomic E-state index is 13.8. The molecule has 4 aromatic heterocycles.